The lowest BCUT2D eigenvalue weighted by Crippen LogP contribution is -2.13. The molecular weight excluding hydrogens is 304 g/mol. The van der Waals surface area contributed by atoms with Crippen LogP contribution in [-0.4, -0.2) is 19.1 Å². The minimum Gasteiger partial charge on any atom is -0.490 e. The summed E-state index contributed by atoms with van der Waals surface area (Å²) in [5.74, 6) is 1.24. The molecule has 0 unspecified atom stereocenters. The van der Waals surface area contributed by atoms with E-state index in [2.05, 4.69) is 11.4 Å². The number of nitrogens with zero attached hydrogens (tertiary/aromatic N) is 1. The number of nitrogens with one attached hydrogen (secondary N) is 1. The van der Waals surface area contributed by atoms with Crippen LogP contribution in [0.4, 0.5) is 5.69 Å². The average molecular weight is 324 g/mol. The van der Waals surface area contributed by atoms with E-state index in [9.17, 15) is 4.79 Å². The molecular formula is C19H20N2O3. The van der Waals surface area contributed by atoms with E-state index in [0.717, 1.165) is 0 Å². The van der Waals surface area contributed by atoms with Crippen LogP contribution < -0.4 is 14.8 Å². The summed E-state index contributed by atoms with van der Waals surface area (Å²) in [6.45, 7) is 2.90. The number of anilines is 1. The number of benzene rings is 2. The van der Waals surface area contributed by atoms with E-state index in [1.807, 2.05) is 31.2 Å². The van der Waals surface area contributed by atoms with Gasteiger partial charge < -0.3 is 14.8 Å². The van der Waals surface area contributed by atoms with Crippen LogP contribution in [0.3, 0.4) is 0 Å². The summed E-state index contributed by atoms with van der Waals surface area (Å²) in [4.78, 5) is 12.0. The number of ether oxygens (including phenoxy) is 2. The standard InChI is InChI=1S/C19H20N2O3/c1-2-23-17-10-5-6-11-18(17)24-13-7-12-19(22)21-16-9-4-3-8-15(16)14-20/h3-6,8-11H,2,7,12-13H2,1H3,(H,21,22). The van der Waals surface area contributed by atoms with Gasteiger partial charge in [-0.25, -0.2) is 0 Å². The number of nitriles is 1. The zero-order valence-corrected chi connectivity index (χ0v) is 13.6. The first-order chi connectivity index (χ1) is 11.7. The molecule has 0 saturated heterocycles. The van der Waals surface area contributed by atoms with Gasteiger partial charge in [-0.05, 0) is 37.6 Å². The molecule has 0 aromatic heterocycles. The Kier molecular flexibility index (Phi) is 6.66. The second kappa shape index (κ2) is 9.21. The SMILES string of the molecule is CCOc1ccccc1OCCCC(=O)Nc1ccccc1C#N. The monoisotopic (exact) mass is 324 g/mol. The molecule has 1 amide bonds. The van der Waals surface area contributed by atoms with Gasteiger partial charge in [-0.1, -0.05) is 24.3 Å². The first kappa shape index (κ1) is 17.4. The van der Waals surface area contributed by atoms with Crippen molar-refractivity contribution in [1.82, 2.24) is 0 Å². The molecule has 0 heterocycles. The third-order valence-corrected chi connectivity index (χ3v) is 3.28. The molecule has 0 spiro atoms. The van der Waals surface area contributed by atoms with E-state index in [-0.39, 0.29) is 5.91 Å². The highest BCUT2D eigenvalue weighted by Crippen LogP contribution is 2.26. The Morgan fingerprint density at radius 1 is 1.08 bits per heavy atom. The lowest BCUT2D eigenvalue weighted by Gasteiger charge is -2.11. The predicted molar refractivity (Wildman–Crippen MR) is 92.1 cm³/mol. The molecule has 2 aromatic rings. The third-order valence-electron chi connectivity index (χ3n) is 3.28. The maximum atomic E-state index is 12.0. The zero-order valence-electron chi connectivity index (χ0n) is 13.6. The van der Waals surface area contributed by atoms with Crippen molar-refractivity contribution in [2.75, 3.05) is 18.5 Å². The summed E-state index contributed by atoms with van der Waals surface area (Å²) < 4.78 is 11.2. The van der Waals surface area contributed by atoms with E-state index >= 15 is 0 Å². The maximum absolute atomic E-state index is 12.0. The molecule has 0 aliphatic heterocycles. The van der Waals surface area contributed by atoms with E-state index in [1.165, 1.54) is 0 Å². The van der Waals surface area contributed by atoms with Crippen LogP contribution in [0.1, 0.15) is 25.3 Å². The second-order valence-electron chi connectivity index (χ2n) is 5.04. The molecule has 0 aliphatic carbocycles. The Balaban J connectivity index is 1.78. The first-order valence-corrected chi connectivity index (χ1v) is 7.88. The molecule has 0 aliphatic rings. The van der Waals surface area contributed by atoms with Crippen molar-refractivity contribution in [3.05, 3.63) is 54.1 Å². The van der Waals surface area contributed by atoms with Crippen molar-refractivity contribution in [2.24, 2.45) is 0 Å². The zero-order chi connectivity index (χ0) is 17.2. The van der Waals surface area contributed by atoms with Crippen LogP contribution in [-0.2, 0) is 4.79 Å². The summed E-state index contributed by atoms with van der Waals surface area (Å²) >= 11 is 0. The summed E-state index contributed by atoms with van der Waals surface area (Å²) in [6.07, 6.45) is 0.886. The van der Waals surface area contributed by atoms with Crippen molar-refractivity contribution in [3.63, 3.8) is 0 Å². The summed E-state index contributed by atoms with van der Waals surface area (Å²) in [5, 5.41) is 11.8. The smallest absolute Gasteiger partial charge is 0.224 e. The van der Waals surface area contributed by atoms with Gasteiger partial charge in [0.15, 0.2) is 11.5 Å². The maximum Gasteiger partial charge on any atom is 0.224 e. The number of carbonyl (C=O) groups excluding carboxylic acids is 1. The van der Waals surface area contributed by atoms with Crippen molar-refractivity contribution in [2.45, 2.75) is 19.8 Å². The molecule has 5 heteroatoms. The Morgan fingerprint density at radius 2 is 1.75 bits per heavy atom. The molecule has 2 rings (SSSR count). The Morgan fingerprint density at radius 3 is 2.46 bits per heavy atom. The van der Waals surface area contributed by atoms with Crippen molar-refractivity contribution >= 4 is 11.6 Å². The Labute approximate surface area is 141 Å². The average Bonchev–Trinajstić information content (AvgIpc) is 2.61. The molecule has 124 valence electrons. The van der Waals surface area contributed by atoms with Crippen LogP contribution >= 0.6 is 0 Å². The number of carbonyl (C=O) groups is 1. The van der Waals surface area contributed by atoms with Gasteiger partial charge >= 0.3 is 0 Å². The highest BCUT2D eigenvalue weighted by molar-refractivity contribution is 5.92. The third kappa shape index (κ3) is 5.03. The fourth-order valence-corrected chi connectivity index (χ4v) is 2.16. The highest BCUT2D eigenvalue weighted by atomic mass is 16.5. The molecule has 24 heavy (non-hydrogen) atoms. The van der Waals surface area contributed by atoms with E-state index in [1.54, 1.807) is 24.3 Å². The topological polar surface area (TPSA) is 71.3 Å². The van der Waals surface area contributed by atoms with Crippen molar-refractivity contribution < 1.29 is 14.3 Å². The van der Waals surface area contributed by atoms with Gasteiger partial charge in [0.25, 0.3) is 0 Å². The van der Waals surface area contributed by atoms with Crippen LogP contribution in [0.5, 0.6) is 11.5 Å². The largest absolute Gasteiger partial charge is 0.490 e. The van der Waals surface area contributed by atoms with Gasteiger partial charge in [-0.3, -0.25) is 4.79 Å². The number of rotatable bonds is 8. The minimum absolute atomic E-state index is 0.139. The molecule has 0 saturated carbocycles. The lowest BCUT2D eigenvalue weighted by atomic mass is 10.2. The Hall–Kier alpha value is -3.00. The molecule has 0 fully saturated rings. The molecule has 0 radical (unpaired) electrons. The van der Waals surface area contributed by atoms with E-state index in [4.69, 9.17) is 14.7 Å². The van der Waals surface area contributed by atoms with Gasteiger partial charge in [0.2, 0.25) is 5.91 Å². The molecule has 2 aromatic carbocycles. The van der Waals surface area contributed by atoms with Gasteiger partial charge in [0, 0.05) is 6.42 Å². The predicted octanol–water partition coefficient (Wildman–Crippen LogP) is 3.75. The minimum atomic E-state index is -0.139. The Bertz CT molecular complexity index is 723. The molecule has 5 nitrogen and oxygen atoms in total. The molecule has 0 bridgehead atoms. The van der Waals surface area contributed by atoms with Gasteiger partial charge in [0.05, 0.1) is 24.5 Å². The molecule has 0 atom stereocenters. The fourth-order valence-electron chi connectivity index (χ4n) is 2.16. The summed E-state index contributed by atoms with van der Waals surface area (Å²) in [7, 11) is 0. The van der Waals surface area contributed by atoms with Gasteiger partial charge in [-0.15, -0.1) is 0 Å². The lowest BCUT2D eigenvalue weighted by molar-refractivity contribution is -0.116. The van der Waals surface area contributed by atoms with Crippen LogP contribution in [0, 0.1) is 11.3 Å². The fraction of sp³-hybridized carbons (Fsp3) is 0.263. The van der Waals surface area contributed by atoms with Crippen molar-refractivity contribution in [1.29, 1.82) is 5.26 Å². The quantitative estimate of drug-likeness (QED) is 0.751. The summed E-state index contributed by atoms with van der Waals surface area (Å²) in [6, 6.07) is 16.4. The van der Waals surface area contributed by atoms with E-state index < -0.39 is 0 Å². The number of para-hydroxylation sites is 3. The van der Waals surface area contributed by atoms with Crippen LogP contribution in [0.15, 0.2) is 48.5 Å². The first-order valence-electron chi connectivity index (χ1n) is 7.88. The van der Waals surface area contributed by atoms with Crippen LogP contribution in [0.25, 0.3) is 0 Å². The number of hydrogen-bond acceptors (Lipinski definition) is 4. The number of amides is 1. The highest BCUT2D eigenvalue weighted by Gasteiger charge is 2.07. The second-order valence-corrected chi connectivity index (χ2v) is 5.04. The van der Waals surface area contributed by atoms with Gasteiger partial charge in [0.1, 0.15) is 6.07 Å². The number of hydrogen-bond donors (Lipinski definition) is 1. The van der Waals surface area contributed by atoms with Crippen molar-refractivity contribution in [3.8, 4) is 17.6 Å². The summed E-state index contributed by atoms with van der Waals surface area (Å²) in [5.41, 5.74) is 0.986. The van der Waals surface area contributed by atoms with Gasteiger partial charge in [-0.2, -0.15) is 5.26 Å². The molecule has 1 N–H and O–H groups in total. The normalized spacial score (nSPS) is 9.83. The van der Waals surface area contributed by atoms with E-state index in [0.29, 0.717) is 48.8 Å². The van der Waals surface area contributed by atoms with Crippen LogP contribution in [0.2, 0.25) is 0 Å².